The van der Waals surface area contributed by atoms with Gasteiger partial charge in [-0.2, -0.15) is 0 Å². The van der Waals surface area contributed by atoms with Crippen molar-refractivity contribution >= 4 is 38.7 Å². The minimum absolute atomic E-state index is 0.295. The Bertz CT molecular complexity index is 636. The first-order valence-electron chi connectivity index (χ1n) is 4.76. The topological polar surface area (TPSA) is 37.4 Å². The van der Waals surface area contributed by atoms with Gasteiger partial charge in [-0.15, -0.1) is 0 Å². The number of nitrogens with zero attached hydrogens (tertiary/aromatic N) is 1. The molecule has 0 atom stereocenters. The summed E-state index contributed by atoms with van der Waals surface area (Å²) < 4.78 is 0.976. The Morgan fingerprint density at radius 3 is 2.50 bits per heavy atom. The van der Waals surface area contributed by atoms with Crippen LogP contribution in [0.5, 0.6) is 0 Å². The quantitative estimate of drug-likeness (QED) is 0.548. The minimum Gasteiger partial charge on any atom is -0.268 e. The third-order valence-electron chi connectivity index (χ3n) is 2.73. The van der Waals surface area contributed by atoms with Gasteiger partial charge < -0.3 is 0 Å². The average Bonchev–Trinajstić information content (AvgIpc) is 2.55. The Balaban J connectivity index is 2.46. The Morgan fingerprint density at radius 1 is 0.938 bits per heavy atom. The number of amides is 2. The van der Waals surface area contributed by atoms with Crippen molar-refractivity contribution in [2.24, 2.45) is 0 Å². The van der Waals surface area contributed by atoms with E-state index in [-0.39, 0.29) is 11.8 Å². The summed E-state index contributed by atoms with van der Waals surface area (Å²) in [7, 11) is 0. The summed E-state index contributed by atoms with van der Waals surface area (Å²) in [6.45, 7) is 0. The van der Waals surface area contributed by atoms with Crippen molar-refractivity contribution in [1.29, 1.82) is 0 Å². The number of benzene rings is 2. The fourth-order valence-electron chi connectivity index (χ4n) is 1.98. The van der Waals surface area contributed by atoms with Crippen LogP contribution in [-0.4, -0.2) is 15.7 Å². The summed E-state index contributed by atoms with van der Waals surface area (Å²) in [4.78, 5) is 23.6. The van der Waals surface area contributed by atoms with Gasteiger partial charge in [0, 0.05) is 0 Å². The van der Waals surface area contributed by atoms with Gasteiger partial charge in [0.15, 0.2) is 0 Å². The van der Waals surface area contributed by atoms with Crippen molar-refractivity contribution in [2.75, 3.05) is 0 Å². The van der Waals surface area contributed by atoms with Crippen LogP contribution in [0.3, 0.4) is 0 Å². The third-order valence-corrected chi connectivity index (χ3v) is 3.37. The van der Waals surface area contributed by atoms with E-state index in [4.69, 9.17) is 0 Å². The van der Waals surface area contributed by atoms with Gasteiger partial charge in [0.1, 0.15) is 0 Å². The fourth-order valence-corrected chi connectivity index (χ4v) is 2.34. The van der Waals surface area contributed by atoms with Gasteiger partial charge in [-0.05, 0) is 16.8 Å². The van der Waals surface area contributed by atoms with Gasteiger partial charge >= 0.3 is 0 Å². The van der Waals surface area contributed by atoms with Crippen LogP contribution in [0.15, 0.2) is 36.4 Å². The molecule has 2 amide bonds. The van der Waals surface area contributed by atoms with E-state index < -0.39 is 0 Å². The molecule has 1 aliphatic heterocycles. The lowest BCUT2D eigenvalue weighted by atomic mass is 10.0. The van der Waals surface area contributed by atoms with Crippen molar-refractivity contribution in [3.63, 3.8) is 0 Å². The highest BCUT2D eigenvalue weighted by atomic mass is 79.9. The summed E-state index contributed by atoms with van der Waals surface area (Å²) in [6, 6.07) is 11.1. The lowest BCUT2D eigenvalue weighted by Gasteiger charge is -2.01. The van der Waals surface area contributed by atoms with E-state index in [2.05, 4.69) is 16.1 Å². The van der Waals surface area contributed by atoms with Gasteiger partial charge in [0.2, 0.25) is 0 Å². The van der Waals surface area contributed by atoms with E-state index in [1.165, 1.54) is 0 Å². The van der Waals surface area contributed by atoms with Crippen LogP contribution >= 0.6 is 16.1 Å². The van der Waals surface area contributed by atoms with Gasteiger partial charge in [0.05, 0.1) is 27.3 Å². The molecule has 0 bridgehead atoms. The van der Waals surface area contributed by atoms with E-state index in [0.29, 0.717) is 11.1 Å². The molecule has 1 aliphatic rings. The van der Waals surface area contributed by atoms with Crippen molar-refractivity contribution < 1.29 is 9.59 Å². The zero-order valence-corrected chi connectivity index (χ0v) is 9.69. The largest absolute Gasteiger partial charge is 0.272 e. The number of fused-ring (bicyclic) bond motifs is 3. The fraction of sp³-hybridized carbons (Fsp3) is 0. The molecular weight excluding hydrogens is 270 g/mol. The third kappa shape index (κ3) is 1.08. The Morgan fingerprint density at radius 2 is 1.69 bits per heavy atom. The molecule has 4 heteroatoms. The van der Waals surface area contributed by atoms with E-state index >= 15 is 0 Å². The van der Waals surface area contributed by atoms with Gasteiger partial charge in [-0.1, -0.05) is 30.3 Å². The second kappa shape index (κ2) is 3.15. The molecule has 2 aromatic carbocycles. The number of halogens is 1. The zero-order chi connectivity index (χ0) is 11.3. The first-order valence-corrected chi connectivity index (χ1v) is 5.47. The van der Waals surface area contributed by atoms with Crippen LogP contribution in [0.25, 0.3) is 10.8 Å². The first kappa shape index (κ1) is 9.54. The molecule has 2 aromatic rings. The second-order valence-electron chi connectivity index (χ2n) is 3.60. The summed E-state index contributed by atoms with van der Waals surface area (Å²) in [5.41, 5.74) is 0.945. The molecule has 0 unspecified atom stereocenters. The molecule has 78 valence electrons. The molecule has 0 saturated carbocycles. The van der Waals surface area contributed by atoms with Crippen LogP contribution in [0.1, 0.15) is 20.7 Å². The molecule has 0 spiro atoms. The van der Waals surface area contributed by atoms with E-state index in [0.717, 1.165) is 14.7 Å². The van der Waals surface area contributed by atoms with Crippen LogP contribution in [0.4, 0.5) is 0 Å². The Labute approximate surface area is 100.0 Å². The normalized spacial score (nSPS) is 14.7. The van der Waals surface area contributed by atoms with E-state index in [9.17, 15) is 9.59 Å². The van der Waals surface area contributed by atoms with Gasteiger partial charge in [0.25, 0.3) is 11.8 Å². The smallest absolute Gasteiger partial charge is 0.268 e. The highest BCUT2D eigenvalue weighted by Gasteiger charge is 2.35. The molecule has 0 fully saturated rings. The summed E-state index contributed by atoms with van der Waals surface area (Å²) in [6.07, 6.45) is 0. The molecule has 3 rings (SSSR count). The minimum atomic E-state index is -0.300. The van der Waals surface area contributed by atoms with Crippen molar-refractivity contribution in [1.82, 2.24) is 3.93 Å². The Kier molecular flexibility index (Phi) is 1.88. The maximum atomic E-state index is 11.9. The first-order chi connectivity index (χ1) is 7.70. The maximum absolute atomic E-state index is 11.9. The monoisotopic (exact) mass is 275 g/mol. The number of imide groups is 1. The highest BCUT2D eigenvalue weighted by Crippen LogP contribution is 2.31. The van der Waals surface area contributed by atoms with Crippen molar-refractivity contribution in [3.05, 3.63) is 47.5 Å². The summed E-state index contributed by atoms with van der Waals surface area (Å²) >= 11 is 2.97. The van der Waals surface area contributed by atoms with Crippen LogP contribution < -0.4 is 0 Å². The number of carbonyl (C=O) groups is 2. The molecule has 1 heterocycles. The number of hydrogen-bond acceptors (Lipinski definition) is 2. The standard InChI is InChI=1S/C12H6BrNO2/c13-14-11(15)9-6-5-7-3-1-2-4-8(7)10(9)12(14)16/h1-6H. The number of carbonyl (C=O) groups excluding carboxylic acids is 2. The van der Waals surface area contributed by atoms with E-state index in [1.807, 2.05) is 30.3 Å². The second-order valence-corrected chi connectivity index (χ2v) is 4.31. The average molecular weight is 276 g/mol. The number of hydrogen-bond donors (Lipinski definition) is 0. The predicted octanol–water partition coefficient (Wildman–Crippen LogP) is 2.75. The van der Waals surface area contributed by atoms with Crippen LogP contribution in [0, 0.1) is 0 Å². The molecule has 0 saturated heterocycles. The molecule has 3 nitrogen and oxygen atoms in total. The highest BCUT2D eigenvalue weighted by molar-refractivity contribution is 9.08. The molecule has 0 N–H and O–H groups in total. The predicted molar refractivity (Wildman–Crippen MR) is 63.4 cm³/mol. The lowest BCUT2D eigenvalue weighted by molar-refractivity contribution is 0.0786. The summed E-state index contributed by atoms with van der Waals surface area (Å²) in [5, 5.41) is 1.78. The molecule has 0 aromatic heterocycles. The van der Waals surface area contributed by atoms with Crippen molar-refractivity contribution in [3.8, 4) is 0 Å². The maximum Gasteiger partial charge on any atom is 0.272 e. The zero-order valence-electron chi connectivity index (χ0n) is 8.11. The molecule has 16 heavy (non-hydrogen) atoms. The molecule has 0 aliphatic carbocycles. The van der Waals surface area contributed by atoms with Crippen LogP contribution in [0.2, 0.25) is 0 Å². The van der Waals surface area contributed by atoms with Gasteiger partial charge in [-0.25, -0.2) is 3.93 Å². The lowest BCUT2D eigenvalue weighted by Crippen LogP contribution is -2.17. The van der Waals surface area contributed by atoms with E-state index in [1.54, 1.807) is 6.07 Å². The molecule has 0 radical (unpaired) electrons. The van der Waals surface area contributed by atoms with Crippen molar-refractivity contribution in [2.45, 2.75) is 0 Å². The number of rotatable bonds is 0. The van der Waals surface area contributed by atoms with Crippen LogP contribution in [-0.2, 0) is 0 Å². The summed E-state index contributed by atoms with van der Waals surface area (Å²) in [5.74, 6) is -0.595. The molecular formula is C12H6BrNO2. The Hall–Kier alpha value is -1.68. The van der Waals surface area contributed by atoms with Gasteiger partial charge in [-0.3, -0.25) is 9.59 Å². The SMILES string of the molecule is O=C1c2ccc3ccccc3c2C(=O)N1Br.